The summed E-state index contributed by atoms with van der Waals surface area (Å²) in [5, 5.41) is 0. The van der Waals surface area contributed by atoms with E-state index in [0.29, 0.717) is 18.0 Å². The van der Waals surface area contributed by atoms with Gasteiger partial charge in [0, 0.05) is 18.5 Å². The Kier molecular flexibility index (Phi) is 7.21. The lowest BCUT2D eigenvalue weighted by Crippen LogP contribution is -2.30. The van der Waals surface area contributed by atoms with E-state index < -0.39 is 5.97 Å². The molecular weight excluding hydrogens is 350 g/mol. The number of carbonyl (C=O) groups is 2. The van der Waals surface area contributed by atoms with E-state index in [1.807, 2.05) is 51.1 Å². The minimum atomic E-state index is -0.444. The van der Waals surface area contributed by atoms with Gasteiger partial charge in [0.05, 0.1) is 6.61 Å². The van der Waals surface area contributed by atoms with Gasteiger partial charge in [-0.15, -0.1) is 11.3 Å². The molecule has 6 heteroatoms. The standard InChI is InChI=1S/C20H25NO4S/c1-5-16-11-18(26-14(16)3)20(23)25-13-19(22)21(4)12-15-7-9-17(10-8-15)24-6-2/h7-11H,5-6,12-13H2,1-4H3. The molecular formula is C20H25NO4S. The number of aryl methyl sites for hydroxylation is 2. The maximum Gasteiger partial charge on any atom is 0.348 e. The summed E-state index contributed by atoms with van der Waals surface area (Å²) in [6, 6.07) is 9.43. The van der Waals surface area contributed by atoms with Gasteiger partial charge in [0.2, 0.25) is 0 Å². The molecule has 1 aromatic heterocycles. The van der Waals surface area contributed by atoms with E-state index in [4.69, 9.17) is 9.47 Å². The molecule has 140 valence electrons. The Hall–Kier alpha value is -2.34. The number of ether oxygens (including phenoxy) is 2. The number of carbonyl (C=O) groups excluding carboxylic acids is 2. The minimum absolute atomic E-state index is 0.240. The monoisotopic (exact) mass is 375 g/mol. The summed E-state index contributed by atoms with van der Waals surface area (Å²) in [6.07, 6.45) is 0.874. The Morgan fingerprint density at radius 2 is 1.85 bits per heavy atom. The summed E-state index contributed by atoms with van der Waals surface area (Å²) < 4.78 is 10.6. The highest BCUT2D eigenvalue weighted by Gasteiger charge is 2.16. The van der Waals surface area contributed by atoms with Crippen molar-refractivity contribution < 1.29 is 19.1 Å². The van der Waals surface area contributed by atoms with E-state index in [1.165, 1.54) is 11.3 Å². The predicted molar refractivity (Wildman–Crippen MR) is 103 cm³/mol. The number of hydrogen-bond acceptors (Lipinski definition) is 5. The van der Waals surface area contributed by atoms with Gasteiger partial charge in [-0.1, -0.05) is 19.1 Å². The van der Waals surface area contributed by atoms with Crippen molar-refractivity contribution in [1.29, 1.82) is 0 Å². The quantitative estimate of drug-likeness (QED) is 0.658. The van der Waals surface area contributed by atoms with Crippen molar-refractivity contribution in [1.82, 2.24) is 4.90 Å². The number of likely N-dealkylation sites (N-methyl/N-ethyl adjacent to an activating group) is 1. The molecule has 1 amide bonds. The zero-order valence-electron chi connectivity index (χ0n) is 15.7. The fourth-order valence-corrected chi connectivity index (χ4v) is 3.51. The molecule has 0 N–H and O–H groups in total. The smallest absolute Gasteiger partial charge is 0.348 e. The average molecular weight is 375 g/mol. The van der Waals surface area contributed by atoms with E-state index >= 15 is 0 Å². The molecule has 26 heavy (non-hydrogen) atoms. The number of benzene rings is 1. The zero-order valence-corrected chi connectivity index (χ0v) is 16.5. The summed E-state index contributed by atoms with van der Waals surface area (Å²) in [7, 11) is 1.69. The predicted octanol–water partition coefficient (Wildman–Crippen LogP) is 3.83. The van der Waals surface area contributed by atoms with Crippen molar-refractivity contribution in [3.8, 4) is 5.75 Å². The third kappa shape index (κ3) is 5.33. The number of thiophene rings is 1. The first kappa shape index (κ1) is 20.0. The first-order valence-corrected chi connectivity index (χ1v) is 9.48. The lowest BCUT2D eigenvalue weighted by Gasteiger charge is -2.17. The van der Waals surface area contributed by atoms with Crippen molar-refractivity contribution in [2.45, 2.75) is 33.7 Å². The van der Waals surface area contributed by atoms with Crippen LogP contribution >= 0.6 is 11.3 Å². The van der Waals surface area contributed by atoms with Gasteiger partial charge in [0.1, 0.15) is 10.6 Å². The number of rotatable bonds is 8. The fourth-order valence-electron chi connectivity index (χ4n) is 2.50. The van der Waals surface area contributed by atoms with Gasteiger partial charge in [0.15, 0.2) is 6.61 Å². The van der Waals surface area contributed by atoms with Crippen molar-refractivity contribution in [2.24, 2.45) is 0 Å². The lowest BCUT2D eigenvalue weighted by molar-refractivity contribution is -0.133. The molecule has 0 aliphatic rings. The van der Waals surface area contributed by atoms with Gasteiger partial charge in [-0.05, 0) is 49.6 Å². The van der Waals surface area contributed by atoms with E-state index in [2.05, 4.69) is 0 Å². The maximum atomic E-state index is 12.2. The van der Waals surface area contributed by atoms with Crippen LogP contribution in [0, 0.1) is 6.92 Å². The number of esters is 1. The van der Waals surface area contributed by atoms with Gasteiger partial charge in [0.25, 0.3) is 5.91 Å². The highest BCUT2D eigenvalue weighted by molar-refractivity contribution is 7.14. The molecule has 0 unspecified atom stereocenters. The molecule has 0 saturated heterocycles. The third-order valence-corrected chi connectivity index (χ3v) is 5.08. The van der Waals surface area contributed by atoms with Crippen LogP contribution in [0.5, 0.6) is 5.75 Å². The van der Waals surface area contributed by atoms with Crippen molar-refractivity contribution >= 4 is 23.2 Å². The van der Waals surface area contributed by atoms with Crippen LogP contribution in [0.2, 0.25) is 0 Å². The highest BCUT2D eigenvalue weighted by atomic mass is 32.1. The van der Waals surface area contributed by atoms with Crippen LogP contribution in [-0.2, 0) is 22.5 Å². The molecule has 0 aliphatic heterocycles. The molecule has 2 aromatic rings. The number of nitrogens with zero attached hydrogens (tertiary/aromatic N) is 1. The van der Waals surface area contributed by atoms with Gasteiger partial charge >= 0.3 is 5.97 Å². The van der Waals surface area contributed by atoms with E-state index in [9.17, 15) is 9.59 Å². The van der Waals surface area contributed by atoms with Gasteiger partial charge in [-0.3, -0.25) is 4.79 Å². The van der Waals surface area contributed by atoms with Crippen LogP contribution in [0.3, 0.4) is 0 Å². The van der Waals surface area contributed by atoms with Gasteiger partial charge in [-0.25, -0.2) is 4.79 Å². The largest absolute Gasteiger partial charge is 0.494 e. The van der Waals surface area contributed by atoms with Crippen LogP contribution < -0.4 is 4.74 Å². The summed E-state index contributed by atoms with van der Waals surface area (Å²) in [5.41, 5.74) is 2.12. The summed E-state index contributed by atoms with van der Waals surface area (Å²) in [5.74, 6) is 0.119. The molecule has 0 fully saturated rings. The van der Waals surface area contributed by atoms with E-state index in [-0.39, 0.29) is 12.5 Å². The normalized spacial score (nSPS) is 10.5. The van der Waals surface area contributed by atoms with Crippen molar-refractivity contribution in [3.63, 3.8) is 0 Å². The molecule has 0 aliphatic carbocycles. The second-order valence-electron chi connectivity index (χ2n) is 5.95. The molecule has 0 saturated carbocycles. The molecule has 0 bridgehead atoms. The highest BCUT2D eigenvalue weighted by Crippen LogP contribution is 2.22. The van der Waals surface area contributed by atoms with E-state index in [1.54, 1.807) is 11.9 Å². The molecule has 1 heterocycles. The Morgan fingerprint density at radius 3 is 2.42 bits per heavy atom. The van der Waals surface area contributed by atoms with Crippen LogP contribution in [0.25, 0.3) is 0 Å². The van der Waals surface area contributed by atoms with Crippen LogP contribution in [0.4, 0.5) is 0 Å². The van der Waals surface area contributed by atoms with Crippen LogP contribution in [-0.4, -0.2) is 37.0 Å². The topological polar surface area (TPSA) is 55.8 Å². The second-order valence-corrected chi connectivity index (χ2v) is 7.20. The Morgan fingerprint density at radius 1 is 1.15 bits per heavy atom. The van der Waals surface area contributed by atoms with Crippen LogP contribution in [0.15, 0.2) is 30.3 Å². The van der Waals surface area contributed by atoms with Crippen molar-refractivity contribution in [2.75, 3.05) is 20.3 Å². The zero-order chi connectivity index (χ0) is 19.1. The SMILES string of the molecule is CCOc1ccc(CN(C)C(=O)COC(=O)c2cc(CC)c(C)s2)cc1. The minimum Gasteiger partial charge on any atom is -0.494 e. The molecule has 5 nitrogen and oxygen atoms in total. The Balaban J connectivity index is 1.85. The van der Waals surface area contributed by atoms with Gasteiger partial charge in [-0.2, -0.15) is 0 Å². The third-order valence-electron chi connectivity index (χ3n) is 4.01. The lowest BCUT2D eigenvalue weighted by atomic mass is 10.2. The molecule has 0 radical (unpaired) electrons. The summed E-state index contributed by atoms with van der Waals surface area (Å²) >= 11 is 1.40. The molecule has 0 spiro atoms. The maximum absolute atomic E-state index is 12.2. The average Bonchev–Trinajstić information content (AvgIpc) is 3.02. The van der Waals surface area contributed by atoms with E-state index in [0.717, 1.165) is 28.2 Å². The number of hydrogen-bond donors (Lipinski definition) is 0. The second kappa shape index (κ2) is 9.38. The van der Waals surface area contributed by atoms with Crippen LogP contribution in [0.1, 0.15) is 39.5 Å². The van der Waals surface area contributed by atoms with Crippen molar-refractivity contribution in [3.05, 3.63) is 51.2 Å². The van der Waals surface area contributed by atoms with Gasteiger partial charge < -0.3 is 14.4 Å². The molecule has 1 aromatic carbocycles. The molecule has 2 rings (SSSR count). The Labute approximate surface area is 158 Å². The first-order chi connectivity index (χ1) is 12.4. The fraction of sp³-hybridized carbons (Fsp3) is 0.400. The molecule has 0 atom stereocenters. The Bertz CT molecular complexity index is 752. The number of amides is 1. The summed E-state index contributed by atoms with van der Waals surface area (Å²) in [4.78, 5) is 27.5. The first-order valence-electron chi connectivity index (χ1n) is 8.66. The summed E-state index contributed by atoms with van der Waals surface area (Å²) in [6.45, 7) is 6.76.